The predicted octanol–water partition coefficient (Wildman–Crippen LogP) is 3.48. The van der Waals surface area contributed by atoms with E-state index < -0.39 is 0 Å². The molecule has 106 valence electrons. The Labute approximate surface area is 124 Å². The Balaban J connectivity index is 1.91. The van der Waals surface area contributed by atoms with Crippen molar-refractivity contribution in [1.82, 2.24) is 10.2 Å². The van der Waals surface area contributed by atoms with Crippen LogP contribution in [0.25, 0.3) is 11.1 Å². The van der Waals surface area contributed by atoms with Crippen LogP contribution in [0.3, 0.4) is 0 Å². The number of aryl methyl sites for hydroxylation is 1. The molecule has 3 N–H and O–H groups in total. The van der Waals surface area contributed by atoms with Crippen molar-refractivity contribution in [3.05, 3.63) is 77.6 Å². The first-order chi connectivity index (χ1) is 10.3. The Morgan fingerprint density at radius 2 is 1.67 bits per heavy atom. The first kappa shape index (κ1) is 13.6. The molecule has 0 spiro atoms. The summed E-state index contributed by atoms with van der Waals surface area (Å²) in [5, 5.41) is 7.07. The van der Waals surface area contributed by atoms with Gasteiger partial charge in [-0.25, -0.2) is 0 Å². The second-order valence-electron chi connectivity index (χ2n) is 5.21. The number of nitrogens with zero attached hydrogens (tertiary/aromatic N) is 1. The van der Waals surface area contributed by atoms with E-state index in [2.05, 4.69) is 58.7 Å². The van der Waals surface area contributed by atoms with E-state index in [1.165, 1.54) is 16.7 Å². The van der Waals surface area contributed by atoms with Gasteiger partial charge in [-0.2, -0.15) is 5.10 Å². The largest absolute Gasteiger partial charge is 0.330 e. The van der Waals surface area contributed by atoms with Gasteiger partial charge in [0.1, 0.15) is 0 Å². The highest BCUT2D eigenvalue weighted by Crippen LogP contribution is 2.27. The highest BCUT2D eigenvalue weighted by molar-refractivity contribution is 5.65. The zero-order valence-corrected chi connectivity index (χ0v) is 12.1. The van der Waals surface area contributed by atoms with Crippen LogP contribution < -0.4 is 5.73 Å². The Kier molecular flexibility index (Phi) is 3.84. The predicted molar refractivity (Wildman–Crippen MR) is 86.1 cm³/mol. The molecule has 0 bridgehead atoms. The number of nitrogens with two attached hydrogens (primary N) is 1. The van der Waals surface area contributed by atoms with Gasteiger partial charge in [0.05, 0.1) is 5.69 Å². The van der Waals surface area contributed by atoms with Crippen molar-refractivity contribution in [2.24, 2.45) is 5.73 Å². The van der Waals surface area contributed by atoms with Crippen molar-refractivity contribution in [3.63, 3.8) is 0 Å². The first-order valence-corrected chi connectivity index (χ1v) is 7.15. The van der Waals surface area contributed by atoms with E-state index in [1.54, 1.807) is 0 Å². The Morgan fingerprint density at radius 1 is 1.00 bits per heavy atom. The number of hydrogen-bond acceptors (Lipinski definition) is 2. The minimum Gasteiger partial charge on any atom is -0.330 e. The average molecular weight is 277 g/mol. The summed E-state index contributed by atoms with van der Waals surface area (Å²) in [4.78, 5) is 0. The summed E-state index contributed by atoms with van der Waals surface area (Å²) in [5.41, 5.74) is 11.8. The summed E-state index contributed by atoms with van der Waals surface area (Å²) in [6.45, 7) is 2.61. The van der Waals surface area contributed by atoms with E-state index in [0.717, 1.165) is 11.3 Å². The highest BCUT2D eigenvalue weighted by Gasteiger charge is 2.12. The van der Waals surface area contributed by atoms with E-state index in [0.29, 0.717) is 6.54 Å². The monoisotopic (exact) mass is 277 g/mol. The maximum absolute atomic E-state index is 5.98. The molecule has 21 heavy (non-hydrogen) atoms. The molecular formula is C18H19N3. The topological polar surface area (TPSA) is 54.7 Å². The van der Waals surface area contributed by atoms with E-state index in [-0.39, 0.29) is 5.92 Å². The highest BCUT2D eigenvalue weighted by atomic mass is 15.1. The van der Waals surface area contributed by atoms with Crippen LogP contribution >= 0.6 is 0 Å². The molecule has 3 rings (SSSR count). The molecule has 0 aliphatic carbocycles. The van der Waals surface area contributed by atoms with Crippen LogP contribution in [-0.2, 0) is 0 Å². The normalized spacial score (nSPS) is 12.3. The summed E-state index contributed by atoms with van der Waals surface area (Å²) in [7, 11) is 0. The van der Waals surface area contributed by atoms with Crippen molar-refractivity contribution >= 4 is 0 Å². The average Bonchev–Trinajstić information content (AvgIpc) is 2.96. The fourth-order valence-electron chi connectivity index (χ4n) is 2.70. The number of hydrogen-bond donors (Lipinski definition) is 2. The quantitative estimate of drug-likeness (QED) is 0.767. The summed E-state index contributed by atoms with van der Waals surface area (Å²) in [6.07, 6.45) is 1.93. The standard InChI is InChI=1S/C18H19N3/c1-13-18(12-20-21-13)16-9-7-15(8-10-16)17(11-19)14-5-3-2-4-6-14/h2-10,12,17H,11,19H2,1H3,(H,20,21). The van der Waals surface area contributed by atoms with Crippen molar-refractivity contribution in [1.29, 1.82) is 0 Å². The minimum atomic E-state index is 0.241. The third kappa shape index (κ3) is 2.73. The van der Waals surface area contributed by atoms with Crippen LogP contribution in [0.5, 0.6) is 0 Å². The van der Waals surface area contributed by atoms with E-state index >= 15 is 0 Å². The zero-order chi connectivity index (χ0) is 14.7. The lowest BCUT2D eigenvalue weighted by Gasteiger charge is -2.16. The lowest BCUT2D eigenvalue weighted by atomic mass is 9.90. The van der Waals surface area contributed by atoms with Gasteiger partial charge in [-0.05, 0) is 23.6 Å². The third-order valence-corrected chi connectivity index (χ3v) is 3.89. The summed E-state index contributed by atoms with van der Waals surface area (Å²) in [6, 6.07) is 19.0. The Bertz CT molecular complexity index is 699. The van der Waals surface area contributed by atoms with Gasteiger partial charge in [-0.15, -0.1) is 0 Å². The molecule has 1 unspecified atom stereocenters. The van der Waals surface area contributed by atoms with Gasteiger partial charge >= 0.3 is 0 Å². The van der Waals surface area contributed by atoms with Crippen LogP contribution in [0.1, 0.15) is 22.7 Å². The summed E-state index contributed by atoms with van der Waals surface area (Å²) < 4.78 is 0. The number of nitrogens with one attached hydrogen (secondary N) is 1. The van der Waals surface area contributed by atoms with Gasteiger partial charge in [0.2, 0.25) is 0 Å². The molecule has 0 amide bonds. The van der Waals surface area contributed by atoms with Gasteiger partial charge in [-0.3, -0.25) is 5.10 Å². The van der Waals surface area contributed by atoms with Gasteiger partial charge < -0.3 is 5.73 Å². The molecule has 1 heterocycles. The first-order valence-electron chi connectivity index (χ1n) is 7.15. The summed E-state index contributed by atoms with van der Waals surface area (Å²) in [5.74, 6) is 0.241. The molecule has 3 aromatic rings. The SMILES string of the molecule is Cc1n[nH]cc1-c1ccc(C(CN)c2ccccc2)cc1. The van der Waals surface area contributed by atoms with Crippen molar-refractivity contribution in [2.45, 2.75) is 12.8 Å². The molecule has 0 fully saturated rings. The molecule has 0 aliphatic heterocycles. The van der Waals surface area contributed by atoms with Gasteiger partial charge in [-0.1, -0.05) is 54.6 Å². The van der Waals surface area contributed by atoms with Gasteiger partial charge in [0.15, 0.2) is 0 Å². The zero-order valence-electron chi connectivity index (χ0n) is 12.1. The maximum atomic E-state index is 5.98. The Hall–Kier alpha value is -2.39. The van der Waals surface area contributed by atoms with Crippen LogP contribution in [0.2, 0.25) is 0 Å². The lowest BCUT2D eigenvalue weighted by molar-refractivity contribution is 0.819. The van der Waals surface area contributed by atoms with Crippen LogP contribution in [0.15, 0.2) is 60.8 Å². The lowest BCUT2D eigenvalue weighted by Crippen LogP contribution is -2.13. The fraction of sp³-hybridized carbons (Fsp3) is 0.167. The number of benzene rings is 2. The smallest absolute Gasteiger partial charge is 0.0669 e. The molecule has 3 heteroatoms. The van der Waals surface area contributed by atoms with E-state index in [9.17, 15) is 0 Å². The third-order valence-electron chi connectivity index (χ3n) is 3.89. The van der Waals surface area contributed by atoms with Crippen LogP contribution in [-0.4, -0.2) is 16.7 Å². The van der Waals surface area contributed by atoms with Crippen LogP contribution in [0, 0.1) is 6.92 Å². The number of aromatic amines is 1. The molecular weight excluding hydrogens is 258 g/mol. The fourth-order valence-corrected chi connectivity index (χ4v) is 2.70. The molecule has 1 aromatic heterocycles. The number of aromatic nitrogens is 2. The van der Waals surface area contributed by atoms with Crippen molar-refractivity contribution in [3.8, 4) is 11.1 Å². The molecule has 3 nitrogen and oxygen atoms in total. The second kappa shape index (κ2) is 5.94. The minimum absolute atomic E-state index is 0.241. The molecule has 0 radical (unpaired) electrons. The van der Waals surface area contributed by atoms with E-state index in [1.807, 2.05) is 19.2 Å². The van der Waals surface area contributed by atoms with Crippen molar-refractivity contribution in [2.75, 3.05) is 6.54 Å². The maximum Gasteiger partial charge on any atom is 0.0669 e. The number of rotatable bonds is 4. The molecule has 0 aliphatic rings. The van der Waals surface area contributed by atoms with Gasteiger partial charge in [0, 0.05) is 24.2 Å². The number of H-pyrrole nitrogens is 1. The van der Waals surface area contributed by atoms with Crippen LogP contribution in [0.4, 0.5) is 0 Å². The van der Waals surface area contributed by atoms with Gasteiger partial charge in [0.25, 0.3) is 0 Å². The molecule has 0 saturated carbocycles. The second-order valence-corrected chi connectivity index (χ2v) is 5.21. The molecule has 2 aromatic carbocycles. The molecule has 1 atom stereocenters. The Morgan fingerprint density at radius 3 is 2.24 bits per heavy atom. The molecule has 0 saturated heterocycles. The van der Waals surface area contributed by atoms with Crippen molar-refractivity contribution < 1.29 is 0 Å². The summed E-state index contributed by atoms with van der Waals surface area (Å²) >= 11 is 0. The van der Waals surface area contributed by atoms with E-state index in [4.69, 9.17) is 5.73 Å².